The number of rotatable bonds is 6. The van der Waals surface area contributed by atoms with Crippen molar-refractivity contribution in [2.24, 2.45) is 0 Å². The lowest BCUT2D eigenvalue weighted by Gasteiger charge is -2.09. The topological polar surface area (TPSA) is 76.0 Å². The highest BCUT2D eigenvalue weighted by Crippen LogP contribution is 2.25. The summed E-state index contributed by atoms with van der Waals surface area (Å²) >= 11 is 0. The monoisotopic (exact) mass is 428 g/mol. The van der Waals surface area contributed by atoms with Crippen LogP contribution in [-0.4, -0.2) is 21.6 Å². The quantitative estimate of drug-likeness (QED) is 0.473. The summed E-state index contributed by atoms with van der Waals surface area (Å²) in [6.45, 7) is 1.66. The van der Waals surface area contributed by atoms with Gasteiger partial charge in [-0.25, -0.2) is 9.07 Å². The molecule has 3 aromatic carbocycles. The molecule has 1 heterocycles. The van der Waals surface area contributed by atoms with Crippen LogP contribution in [0.15, 0.2) is 84.9 Å². The number of benzene rings is 3. The average Bonchev–Trinajstić information content (AvgIpc) is 3.21. The van der Waals surface area contributed by atoms with E-state index >= 15 is 0 Å². The van der Waals surface area contributed by atoms with Gasteiger partial charge in [0, 0.05) is 30.7 Å². The molecule has 0 fully saturated rings. The zero-order chi connectivity index (χ0) is 22.5. The van der Waals surface area contributed by atoms with E-state index in [9.17, 15) is 14.0 Å². The molecule has 0 aliphatic carbocycles. The summed E-state index contributed by atoms with van der Waals surface area (Å²) < 4.78 is 14.9. The highest BCUT2D eigenvalue weighted by molar-refractivity contribution is 5.94. The Hall–Kier alpha value is -4.26. The number of nitrogens with one attached hydrogen (secondary N) is 2. The van der Waals surface area contributed by atoms with Crippen LogP contribution in [0.5, 0.6) is 0 Å². The number of hydrogen-bond donors (Lipinski definition) is 2. The van der Waals surface area contributed by atoms with Gasteiger partial charge in [0.15, 0.2) is 0 Å². The lowest BCUT2D eigenvalue weighted by Crippen LogP contribution is -2.22. The smallest absolute Gasteiger partial charge is 0.251 e. The zero-order valence-electron chi connectivity index (χ0n) is 17.4. The summed E-state index contributed by atoms with van der Waals surface area (Å²) in [5.74, 6) is -0.294. The predicted octanol–water partition coefficient (Wildman–Crippen LogP) is 4.57. The van der Waals surface area contributed by atoms with Crippen molar-refractivity contribution in [1.29, 1.82) is 0 Å². The van der Waals surface area contributed by atoms with Crippen LogP contribution in [0, 0.1) is 5.82 Å². The highest BCUT2D eigenvalue weighted by Gasteiger charge is 2.13. The molecule has 160 valence electrons. The standard InChI is InChI=1S/C25H21FN4O2/c1-17(31)28-24-15-23(19-7-3-2-4-8-19)29-30(24)22-12-10-20(11-13-22)25(32)27-16-18-6-5-9-21(26)14-18/h2-15H,16H2,1H3,(H,27,32)(H,28,31). The van der Waals surface area contributed by atoms with Crippen LogP contribution in [-0.2, 0) is 11.3 Å². The third-order valence-electron chi connectivity index (χ3n) is 4.80. The second kappa shape index (κ2) is 9.26. The molecule has 0 spiro atoms. The van der Waals surface area contributed by atoms with Gasteiger partial charge >= 0.3 is 0 Å². The Morgan fingerprint density at radius 2 is 1.69 bits per heavy atom. The first kappa shape index (κ1) is 21.0. The lowest BCUT2D eigenvalue weighted by atomic mass is 10.1. The summed E-state index contributed by atoms with van der Waals surface area (Å²) in [4.78, 5) is 24.1. The van der Waals surface area contributed by atoms with Crippen LogP contribution < -0.4 is 10.6 Å². The summed E-state index contributed by atoms with van der Waals surface area (Å²) in [6, 6.07) is 24.4. The molecule has 32 heavy (non-hydrogen) atoms. The molecule has 0 aliphatic heterocycles. The van der Waals surface area contributed by atoms with Crippen molar-refractivity contribution >= 4 is 17.6 Å². The first-order valence-electron chi connectivity index (χ1n) is 10.1. The Bertz CT molecular complexity index is 1250. The van der Waals surface area contributed by atoms with Gasteiger partial charge in [-0.3, -0.25) is 9.59 Å². The Labute approximate surface area is 184 Å². The van der Waals surface area contributed by atoms with Gasteiger partial charge in [-0.05, 0) is 42.0 Å². The number of hydrogen-bond acceptors (Lipinski definition) is 3. The van der Waals surface area contributed by atoms with E-state index < -0.39 is 0 Å². The summed E-state index contributed by atoms with van der Waals surface area (Å²) in [7, 11) is 0. The second-order valence-corrected chi connectivity index (χ2v) is 7.23. The van der Waals surface area contributed by atoms with Crippen molar-refractivity contribution in [2.75, 3.05) is 5.32 Å². The minimum atomic E-state index is -0.342. The largest absolute Gasteiger partial charge is 0.348 e. The van der Waals surface area contributed by atoms with Crippen LogP contribution in [0.25, 0.3) is 16.9 Å². The second-order valence-electron chi connectivity index (χ2n) is 7.23. The maximum absolute atomic E-state index is 13.3. The Balaban J connectivity index is 1.54. The molecule has 0 saturated carbocycles. The summed E-state index contributed by atoms with van der Waals surface area (Å²) in [5, 5.41) is 10.2. The molecule has 6 nitrogen and oxygen atoms in total. The fraction of sp³-hybridized carbons (Fsp3) is 0.0800. The molecule has 0 radical (unpaired) electrons. The van der Waals surface area contributed by atoms with Crippen LogP contribution in [0.4, 0.5) is 10.2 Å². The van der Waals surface area contributed by atoms with Crippen molar-refractivity contribution in [3.63, 3.8) is 0 Å². The molecule has 0 aliphatic rings. The lowest BCUT2D eigenvalue weighted by molar-refractivity contribution is -0.114. The van der Waals surface area contributed by atoms with Crippen LogP contribution in [0.2, 0.25) is 0 Å². The molecule has 2 N–H and O–H groups in total. The first-order valence-corrected chi connectivity index (χ1v) is 10.1. The predicted molar refractivity (Wildman–Crippen MR) is 121 cm³/mol. The number of amides is 2. The maximum atomic E-state index is 13.3. The Kier molecular flexibility index (Phi) is 6.07. The zero-order valence-corrected chi connectivity index (χ0v) is 17.4. The van der Waals surface area contributed by atoms with E-state index in [-0.39, 0.29) is 24.2 Å². The van der Waals surface area contributed by atoms with Crippen molar-refractivity contribution in [3.05, 3.63) is 102 Å². The number of aromatic nitrogens is 2. The van der Waals surface area contributed by atoms with Crippen LogP contribution in [0.1, 0.15) is 22.8 Å². The fourth-order valence-electron chi connectivity index (χ4n) is 3.28. The highest BCUT2D eigenvalue weighted by atomic mass is 19.1. The van der Waals surface area contributed by atoms with Crippen LogP contribution >= 0.6 is 0 Å². The molecule has 7 heteroatoms. The number of nitrogens with zero attached hydrogens (tertiary/aromatic N) is 2. The minimum absolute atomic E-state index is 0.209. The van der Waals surface area contributed by atoms with E-state index in [1.807, 2.05) is 30.3 Å². The number of carbonyl (C=O) groups excluding carboxylic acids is 2. The van der Waals surface area contributed by atoms with E-state index in [4.69, 9.17) is 0 Å². The average molecular weight is 428 g/mol. The van der Waals surface area contributed by atoms with E-state index in [1.165, 1.54) is 19.1 Å². The van der Waals surface area contributed by atoms with E-state index in [0.29, 0.717) is 28.3 Å². The molecule has 4 aromatic rings. The molecule has 2 amide bonds. The van der Waals surface area contributed by atoms with Gasteiger partial charge in [-0.15, -0.1) is 0 Å². The van der Waals surface area contributed by atoms with E-state index in [2.05, 4.69) is 15.7 Å². The van der Waals surface area contributed by atoms with Gasteiger partial charge in [-0.1, -0.05) is 42.5 Å². The molecule has 0 saturated heterocycles. The normalized spacial score (nSPS) is 10.6. The SMILES string of the molecule is CC(=O)Nc1cc(-c2ccccc2)nn1-c1ccc(C(=O)NCc2cccc(F)c2)cc1. The third kappa shape index (κ3) is 4.89. The van der Waals surface area contributed by atoms with Gasteiger partial charge in [0.1, 0.15) is 11.6 Å². The van der Waals surface area contributed by atoms with Crippen molar-refractivity contribution in [2.45, 2.75) is 13.5 Å². The number of halogens is 1. The molecule has 0 unspecified atom stereocenters. The Morgan fingerprint density at radius 3 is 2.38 bits per heavy atom. The maximum Gasteiger partial charge on any atom is 0.251 e. The third-order valence-corrected chi connectivity index (χ3v) is 4.80. The fourth-order valence-corrected chi connectivity index (χ4v) is 3.28. The van der Waals surface area contributed by atoms with Crippen molar-refractivity contribution in [3.8, 4) is 16.9 Å². The number of carbonyl (C=O) groups is 2. The van der Waals surface area contributed by atoms with Crippen LogP contribution in [0.3, 0.4) is 0 Å². The summed E-state index contributed by atoms with van der Waals surface area (Å²) in [6.07, 6.45) is 0. The van der Waals surface area contributed by atoms with Gasteiger partial charge in [0.05, 0.1) is 11.4 Å². The molecular weight excluding hydrogens is 407 g/mol. The summed E-state index contributed by atoms with van der Waals surface area (Å²) in [5.41, 5.74) is 3.47. The molecule has 4 rings (SSSR count). The van der Waals surface area contributed by atoms with Gasteiger partial charge in [0.2, 0.25) is 5.91 Å². The van der Waals surface area contributed by atoms with Gasteiger partial charge in [-0.2, -0.15) is 5.10 Å². The molecular formula is C25H21FN4O2. The molecule has 1 aromatic heterocycles. The molecule has 0 atom stereocenters. The van der Waals surface area contributed by atoms with E-state index in [1.54, 1.807) is 47.1 Å². The molecule has 0 bridgehead atoms. The van der Waals surface area contributed by atoms with Gasteiger partial charge < -0.3 is 10.6 Å². The van der Waals surface area contributed by atoms with Crippen molar-refractivity contribution < 1.29 is 14.0 Å². The Morgan fingerprint density at radius 1 is 0.938 bits per heavy atom. The number of anilines is 1. The van der Waals surface area contributed by atoms with E-state index in [0.717, 1.165) is 5.56 Å². The first-order chi connectivity index (χ1) is 15.5. The van der Waals surface area contributed by atoms with Crippen molar-refractivity contribution in [1.82, 2.24) is 15.1 Å². The van der Waals surface area contributed by atoms with Gasteiger partial charge in [0.25, 0.3) is 5.91 Å². The minimum Gasteiger partial charge on any atom is -0.348 e.